The summed E-state index contributed by atoms with van der Waals surface area (Å²) in [7, 11) is 0. The summed E-state index contributed by atoms with van der Waals surface area (Å²) in [6.45, 7) is 0. The fourth-order valence-corrected chi connectivity index (χ4v) is 4.62. The molecule has 0 saturated carbocycles. The lowest BCUT2D eigenvalue weighted by Crippen LogP contribution is -1.99. The van der Waals surface area contributed by atoms with Crippen molar-refractivity contribution in [3.63, 3.8) is 0 Å². The maximum Gasteiger partial charge on any atom is 0.0694 e. The van der Waals surface area contributed by atoms with Crippen LogP contribution in [-0.4, -0.2) is 4.57 Å². The standard InChI is InChI=1S/C24H15Br2N/c25-20-15-14-17(16-8-2-1-3-9-16)24(23(20)26)27-21-12-6-4-10-18(21)19-11-5-7-13-22(19)27/h1-15H. The number of hydrogen-bond donors (Lipinski definition) is 0. The molecule has 0 unspecified atom stereocenters. The quantitative estimate of drug-likeness (QED) is 0.243. The number of nitrogens with zero attached hydrogens (tertiary/aromatic N) is 1. The zero-order chi connectivity index (χ0) is 18.4. The minimum atomic E-state index is 1.04. The Bertz CT molecular complexity index is 1230. The molecule has 1 nitrogen and oxygen atoms in total. The molecule has 0 atom stereocenters. The maximum atomic E-state index is 3.85. The Hall–Kier alpha value is -2.36. The number of hydrogen-bond acceptors (Lipinski definition) is 0. The van der Waals surface area contributed by atoms with Crippen LogP contribution >= 0.6 is 31.9 Å². The van der Waals surface area contributed by atoms with Gasteiger partial charge in [0.1, 0.15) is 0 Å². The lowest BCUT2D eigenvalue weighted by molar-refractivity contribution is 1.16. The Morgan fingerprint density at radius 3 is 1.74 bits per heavy atom. The average Bonchev–Trinajstić information content (AvgIpc) is 3.05. The zero-order valence-electron chi connectivity index (χ0n) is 14.4. The monoisotopic (exact) mass is 475 g/mol. The minimum Gasteiger partial charge on any atom is -0.307 e. The molecule has 0 radical (unpaired) electrons. The van der Waals surface area contributed by atoms with Crippen LogP contribution in [0.2, 0.25) is 0 Å². The van der Waals surface area contributed by atoms with Crippen molar-refractivity contribution in [1.29, 1.82) is 0 Å². The third-order valence-corrected chi connectivity index (χ3v) is 6.95. The Kier molecular flexibility index (Phi) is 4.14. The van der Waals surface area contributed by atoms with Crippen molar-refractivity contribution in [3.8, 4) is 16.8 Å². The van der Waals surface area contributed by atoms with Gasteiger partial charge in [-0.05, 0) is 55.6 Å². The third-order valence-electron chi connectivity index (χ3n) is 4.96. The Morgan fingerprint density at radius 2 is 1.11 bits per heavy atom. The molecule has 3 heteroatoms. The molecular weight excluding hydrogens is 462 g/mol. The number of rotatable bonds is 2. The largest absolute Gasteiger partial charge is 0.307 e. The van der Waals surface area contributed by atoms with Gasteiger partial charge in [0.25, 0.3) is 0 Å². The molecule has 0 fully saturated rings. The maximum absolute atomic E-state index is 3.85. The van der Waals surface area contributed by atoms with E-state index < -0.39 is 0 Å². The molecule has 1 aromatic heterocycles. The molecule has 0 aliphatic carbocycles. The molecule has 5 aromatic rings. The summed E-state index contributed by atoms with van der Waals surface area (Å²) in [6.07, 6.45) is 0. The van der Waals surface area contributed by atoms with Crippen LogP contribution in [0.15, 0.2) is 99.9 Å². The number of fused-ring (bicyclic) bond motifs is 3. The summed E-state index contributed by atoms with van der Waals surface area (Å²) in [4.78, 5) is 0. The van der Waals surface area contributed by atoms with E-state index >= 15 is 0 Å². The molecule has 4 aromatic carbocycles. The summed E-state index contributed by atoms with van der Waals surface area (Å²) in [5, 5.41) is 2.53. The zero-order valence-corrected chi connectivity index (χ0v) is 17.5. The van der Waals surface area contributed by atoms with Crippen molar-refractivity contribution in [2.45, 2.75) is 0 Å². The highest BCUT2D eigenvalue weighted by Gasteiger charge is 2.18. The van der Waals surface area contributed by atoms with Crippen molar-refractivity contribution in [2.75, 3.05) is 0 Å². The lowest BCUT2D eigenvalue weighted by atomic mass is 10.0. The highest BCUT2D eigenvalue weighted by molar-refractivity contribution is 9.13. The highest BCUT2D eigenvalue weighted by atomic mass is 79.9. The van der Waals surface area contributed by atoms with E-state index in [0.29, 0.717) is 0 Å². The van der Waals surface area contributed by atoms with Gasteiger partial charge in [0.15, 0.2) is 0 Å². The SMILES string of the molecule is Brc1ccc(-c2ccccc2)c(-n2c3ccccc3c3ccccc32)c1Br. The van der Waals surface area contributed by atoms with E-state index in [1.54, 1.807) is 0 Å². The summed E-state index contributed by atoms with van der Waals surface area (Å²) >= 11 is 7.56. The summed E-state index contributed by atoms with van der Waals surface area (Å²) in [6, 6.07) is 32.0. The molecule has 130 valence electrons. The predicted octanol–water partition coefficient (Wildman–Crippen LogP) is 7.98. The van der Waals surface area contributed by atoms with Gasteiger partial charge < -0.3 is 4.57 Å². The topological polar surface area (TPSA) is 4.93 Å². The summed E-state index contributed by atoms with van der Waals surface area (Å²) in [5.41, 5.74) is 5.94. The first kappa shape index (κ1) is 16.8. The first-order valence-corrected chi connectivity index (χ1v) is 10.4. The van der Waals surface area contributed by atoms with Crippen molar-refractivity contribution >= 4 is 53.7 Å². The van der Waals surface area contributed by atoms with Gasteiger partial charge in [0.2, 0.25) is 0 Å². The van der Waals surface area contributed by atoms with Crippen LogP contribution in [0.25, 0.3) is 38.6 Å². The van der Waals surface area contributed by atoms with E-state index in [0.717, 1.165) is 14.6 Å². The van der Waals surface area contributed by atoms with Crippen molar-refractivity contribution in [1.82, 2.24) is 4.57 Å². The molecule has 0 bridgehead atoms. The van der Waals surface area contributed by atoms with Gasteiger partial charge in [-0.25, -0.2) is 0 Å². The first-order valence-electron chi connectivity index (χ1n) is 8.77. The fraction of sp³-hybridized carbons (Fsp3) is 0. The minimum absolute atomic E-state index is 1.04. The van der Waals surface area contributed by atoms with E-state index in [1.165, 1.54) is 32.9 Å². The molecule has 5 rings (SSSR count). The molecular formula is C24H15Br2N. The van der Waals surface area contributed by atoms with E-state index in [-0.39, 0.29) is 0 Å². The molecule has 0 amide bonds. The Labute approximate surface area is 174 Å². The van der Waals surface area contributed by atoms with Gasteiger partial charge in [-0.2, -0.15) is 0 Å². The molecule has 0 aliphatic heterocycles. The molecule has 0 saturated heterocycles. The van der Waals surface area contributed by atoms with Crippen molar-refractivity contribution < 1.29 is 0 Å². The summed E-state index contributed by atoms with van der Waals surface area (Å²) < 4.78 is 4.45. The molecule has 0 spiro atoms. The number of aromatic nitrogens is 1. The van der Waals surface area contributed by atoms with Gasteiger partial charge in [-0.15, -0.1) is 0 Å². The van der Waals surface area contributed by atoms with Gasteiger partial charge in [0, 0.05) is 20.8 Å². The predicted molar refractivity (Wildman–Crippen MR) is 122 cm³/mol. The van der Waals surface area contributed by atoms with Gasteiger partial charge in [-0.1, -0.05) is 72.8 Å². The smallest absolute Gasteiger partial charge is 0.0694 e. The van der Waals surface area contributed by atoms with Crippen LogP contribution in [0, 0.1) is 0 Å². The number of benzene rings is 4. The normalized spacial score (nSPS) is 11.3. The molecule has 0 aliphatic rings. The second-order valence-corrected chi connectivity index (χ2v) is 8.14. The molecule has 0 N–H and O–H groups in total. The second-order valence-electron chi connectivity index (χ2n) is 6.49. The Morgan fingerprint density at radius 1 is 0.556 bits per heavy atom. The van der Waals surface area contributed by atoms with Crippen molar-refractivity contribution in [2.24, 2.45) is 0 Å². The van der Waals surface area contributed by atoms with Gasteiger partial charge in [0.05, 0.1) is 21.2 Å². The van der Waals surface area contributed by atoms with Crippen LogP contribution in [0.1, 0.15) is 0 Å². The lowest BCUT2D eigenvalue weighted by Gasteiger charge is -2.17. The third kappa shape index (κ3) is 2.65. The molecule has 27 heavy (non-hydrogen) atoms. The first-order chi connectivity index (χ1) is 13.3. The number of halogens is 2. The van der Waals surface area contributed by atoms with E-state index in [2.05, 4.69) is 127 Å². The summed E-state index contributed by atoms with van der Waals surface area (Å²) in [5.74, 6) is 0. The second kappa shape index (κ2) is 6.66. The van der Waals surface area contributed by atoms with E-state index in [4.69, 9.17) is 0 Å². The van der Waals surface area contributed by atoms with Gasteiger partial charge in [-0.3, -0.25) is 0 Å². The van der Waals surface area contributed by atoms with Crippen LogP contribution in [0.3, 0.4) is 0 Å². The van der Waals surface area contributed by atoms with E-state index in [1.807, 2.05) is 0 Å². The van der Waals surface area contributed by atoms with E-state index in [9.17, 15) is 0 Å². The average molecular weight is 477 g/mol. The Balaban J connectivity index is 1.98. The molecule has 1 heterocycles. The highest BCUT2D eigenvalue weighted by Crippen LogP contribution is 2.42. The van der Waals surface area contributed by atoms with Crippen LogP contribution < -0.4 is 0 Å². The van der Waals surface area contributed by atoms with Crippen LogP contribution in [0.5, 0.6) is 0 Å². The van der Waals surface area contributed by atoms with Crippen molar-refractivity contribution in [3.05, 3.63) is 99.9 Å². The van der Waals surface area contributed by atoms with Crippen LogP contribution in [0.4, 0.5) is 0 Å². The number of para-hydroxylation sites is 2. The van der Waals surface area contributed by atoms with Crippen LogP contribution in [-0.2, 0) is 0 Å². The fourth-order valence-electron chi connectivity index (χ4n) is 3.77. The van der Waals surface area contributed by atoms with Gasteiger partial charge >= 0.3 is 0 Å².